The van der Waals surface area contributed by atoms with Crippen LogP contribution in [0.25, 0.3) is 11.4 Å². The van der Waals surface area contributed by atoms with E-state index in [9.17, 15) is 4.79 Å². The number of pyridine rings is 1. The van der Waals surface area contributed by atoms with Crippen LogP contribution in [-0.4, -0.2) is 27.4 Å². The molecule has 0 aromatic carbocycles. The number of aryl methyl sites for hydroxylation is 1. The van der Waals surface area contributed by atoms with Crippen molar-refractivity contribution in [3.05, 3.63) is 35.9 Å². The molecule has 0 saturated carbocycles. The van der Waals surface area contributed by atoms with E-state index in [1.54, 1.807) is 12.4 Å². The lowest BCUT2D eigenvalue weighted by Gasteiger charge is -1.98. The lowest BCUT2D eigenvalue weighted by molar-refractivity contribution is 0.0951. The van der Waals surface area contributed by atoms with E-state index in [0.29, 0.717) is 18.1 Å². The zero-order valence-electron chi connectivity index (χ0n) is 9.82. The van der Waals surface area contributed by atoms with Gasteiger partial charge in [-0.15, -0.1) is 0 Å². The number of imidazole rings is 1. The highest BCUT2D eigenvalue weighted by Gasteiger charge is 2.14. The molecule has 5 heteroatoms. The molecule has 17 heavy (non-hydrogen) atoms. The average molecular weight is 230 g/mol. The highest BCUT2D eigenvalue weighted by Crippen LogP contribution is 2.16. The Labute approximate surface area is 99.3 Å². The molecule has 0 fully saturated rings. The molecule has 0 aliphatic heterocycles. The van der Waals surface area contributed by atoms with Gasteiger partial charge in [-0.25, -0.2) is 4.98 Å². The van der Waals surface area contributed by atoms with Gasteiger partial charge < -0.3 is 10.3 Å². The second-order valence-corrected chi connectivity index (χ2v) is 3.66. The third kappa shape index (κ3) is 2.33. The first kappa shape index (κ1) is 11.3. The van der Waals surface area contributed by atoms with Gasteiger partial charge in [0.1, 0.15) is 11.5 Å². The van der Waals surface area contributed by atoms with Crippen LogP contribution in [0.15, 0.2) is 24.5 Å². The van der Waals surface area contributed by atoms with E-state index in [0.717, 1.165) is 11.3 Å². The van der Waals surface area contributed by atoms with Crippen molar-refractivity contribution in [2.45, 2.75) is 13.8 Å². The lowest BCUT2D eigenvalue weighted by atomic mass is 10.3. The van der Waals surface area contributed by atoms with E-state index in [2.05, 4.69) is 20.3 Å². The number of amides is 1. The molecule has 2 aromatic heterocycles. The Morgan fingerprint density at radius 2 is 2.35 bits per heavy atom. The second-order valence-electron chi connectivity index (χ2n) is 3.66. The summed E-state index contributed by atoms with van der Waals surface area (Å²) in [5, 5.41) is 2.73. The predicted molar refractivity (Wildman–Crippen MR) is 64.6 cm³/mol. The Morgan fingerprint density at radius 1 is 1.53 bits per heavy atom. The van der Waals surface area contributed by atoms with Gasteiger partial charge in [0.15, 0.2) is 0 Å². The molecule has 2 N–H and O–H groups in total. The average Bonchev–Trinajstić information content (AvgIpc) is 2.73. The zero-order chi connectivity index (χ0) is 12.3. The summed E-state index contributed by atoms with van der Waals surface area (Å²) in [5.74, 6) is 0.508. The van der Waals surface area contributed by atoms with Crippen LogP contribution in [-0.2, 0) is 0 Å². The fraction of sp³-hybridized carbons (Fsp3) is 0.250. The number of aromatic nitrogens is 3. The summed E-state index contributed by atoms with van der Waals surface area (Å²) >= 11 is 0. The first-order chi connectivity index (χ1) is 8.22. The number of hydrogen-bond donors (Lipinski definition) is 2. The lowest BCUT2D eigenvalue weighted by Crippen LogP contribution is -2.23. The number of nitrogens with one attached hydrogen (secondary N) is 2. The smallest absolute Gasteiger partial charge is 0.271 e. The van der Waals surface area contributed by atoms with Gasteiger partial charge in [-0.2, -0.15) is 0 Å². The van der Waals surface area contributed by atoms with Crippen molar-refractivity contribution >= 4 is 5.91 Å². The standard InChI is InChI=1S/C12H14N4O/c1-3-14-12(17)10-8(2)15-11(16-10)9-5-4-6-13-7-9/h4-7H,3H2,1-2H3,(H,14,17)(H,15,16). The molecule has 2 aromatic rings. The molecule has 0 aliphatic rings. The third-order valence-corrected chi connectivity index (χ3v) is 2.37. The summed E-state index contributed by atoms with van der Waals surface area (Å²) in [4.78, 5) is 23.1. The molecule has 88 valence electrons. The molecule has 0 unspecified atom stereocenters. The molecule has 1 amide bonds. The topological polar surface area (TPSA) is 70.7 Å². The number of carbonyl (C=O) groups excluding carboxylic acids is 1. The van der Waals surface area contributed by atoms with Crippen LogP contribution in [0.1, 0.15) is 23.1 Å². The van der Waals surface area contributed by atoms with Gasteiger partial charge in [0, 0.05) is 30.2 Å². The number of hydrogen-bond acceptors (Lipinski definition) is 3. The summed E-state index contributed by atoms with van der Waals surface area (Å²) in [6.45, 7) is 4.30. The van der Waals surface area contributed by atoms with Crippen LogP contribution in [0.5, 0.6) is 0 Å². The van der Waals surface area contributed by atoms with Gasteiger partial charge in [0.25, 0.3) is 5.91 Å². The highest BCUT2D eigenvalue weighted by atomic mass is 16.1. The monoisotopic (exact) mass is 230 g/mol. The van der Waals surface area contributed by atoms with E-state index in [1.165, 1.54) is 0 Å². The van der Waals surface area contributed by atoms with E-state index >= 15 is 0 Å². The molecule has 0 bridgehead atoms. The van der Waals surface area contributed by atoms with Crippen LogP contribution in [0.4, 0.5) is 0 Å². The summed E-state index contributed by atoms with van der Waals surface area (Å²) < 4.78 is 0. The van der Waals surface area contributed by atoms with Crippen molar-refractivity contribution in [2.75, 3.05) is 6.54 Å². The third-order valence-electron chi connectivity index (χ3n) is 2.37. The number of aromatic amines is 1. The van der Waals surface area contributed by atoms with Gasteiger partial charge in [-0.05, 0) is 26.0 Å². The first-order valence-electron chi connectivity index (χ1n) is 5.47. The fourth-order valence-electron chi connectivity index (χ4n) is 1.57. The molecule has 0 aliphatic carbocycles. The molecule has 0 spiro atoms. The first-order valence-corrected chi connectivity index (χ1v) is 5.47. The van der Waals surface area contributed by atoms with Crippen LogP contribution >= 0.6 is 0 Å². The maximum absolute atomic E-state index is 11.7. The quantitative estimate of drug-likeness (QED) is 0.840. The Hall–Kier alpha value is -2.17. The minimum atomic E-state index is -0.156. The van der Waals surface area contributed by atoms with E-state index in [-0.39, 0.29) is 5.91 Å². The number of carbonyl (C=O) groups is 1. The van der Waals surface area contributed by atoms with Crippen molar-refractivity contribution in [1.29, 1.82) is 0 Å². The minimum Gasteiger partial charge on any atom is -0.351 e. The number of rotatable bonds is 3. The number of H-pyrrole nitrogens is 1. The molecular weight excluding hydrogens is 216 g/mol. The van der Waals surface area contributed by atoms with Gasteiger partial charge in [0.05, 0.1) is 0 Å². The molecule has 0 saturated heterocycles. The van der Waals surface area contributed by atoms with Crippen molar-refractivity contribution in [3.63, 3.8) is 0 Å². The SMILES string of the molecule is CCNC(=O)c1nc(-c2cccnc2)[nH]c1C. The summed E-state index contributed by atoms with van der Waals surface area (Å²) in [6.07, 6.45) is 3.41. The minimum absolute atomic E-state index is 0.156. The number of nitrogens with zero attached hydrogens (tertiary/aromatic N) is 2. The summed E-state index contributed by atoms with van der Waals surface area (Å²) in [5.41, 5.74) is 2.06. The van der Waals surface area contributed by atoms with Gasteiger partial charge in [-0.3, -0.25) is 9.78 Å². The highest BCUT2D eigenvalue weighted by molar-refractivity contribution is 5.94. The van der Waals surface area contributed by atoms with E-state index < -0.39 is 0 Å². The molecule has 0 radical (unpaired) electrons. The van der Waals surface area contributed by atoms with Crippen molar-refractivity contribution < 1.29 is 4.79 Å². The van der Waals surface area contributed by atoms with E-state index in [4.69, 9.17) is 0 Å². The van der Waals surface area contributed by atoms with Gasteiger partial charge >= 0.3 is 0 Å². The Balaban J connectivity index is 2.34. The van der Waals surface area contributed by atoms with Gasteiger partial charge in [0.2, 0.25) is 0 Å². The van der Waals surface area contributed by atoms with Crippen LogP contribution in [0.2, 0.25) is 0 Å². The predicted octanol–water partition coefficient (Wildman–Crippen LogP) is 1.53. The summed E-state index contributed by atoms with van der Waals surface area (Å²) in [6, 6.07) is 3.73. The maximum atomic E-state index is 11.7. The van der Waals surface area contributed by atoms with Crippen molar-refractivity contribution in [2.24, 2.45) is 0 Å². The molecule has 2 rings (SSSR count). The normalized spacial score (nSPS) is 10.2. The fourth-order valence-corrected chi connectivity index (χ4v) is 1.57. The van der Waals surface area contributed by atoms with Crippen molar-refractivity contribution in [3.8, 4) is 11.4 Å². The van der Waals surface area contributed by atoms with Gasteiger partial charge in [-0.1, -0.05) is 0 Å². The molecule has 2 heterocycles. The Morgan fingerprint density at radius 3 is 3.00 bits per heavy atom. The Bertz CT molecular complexity index is 519. The van der Waals surface area contributed by atoms with Crippen molar-refractivity contribution in [1.82, 2.24) is 20.3 Å². The molecule has 0 atom stereocenters. The van der Waals surface area contributed by atoms with E-state index in [1.807, 2.05) is 26.0 Å². The largest absolute Gasteiger partial charge is 0.351 e. The van der Waals surface area contributed by atoms with Crippen LogP contribution in [0, 0.1) is 6.92 Å². The summed E-state index contributed by atoms with van der Waals surface area (Å²) in [7, 11) is 0. The maximum Gasteiger partial charge on any atom is 0.271 e. The second kappa shape index (κ2) is 4.78. The van der Waals surface area contributed by atoms with Crippen LogP contribution < -0.4 is 5.32 Å². The Kier molecular flexibility index (Phi) is 3.18. The zero-order valence-corrected chi connectivity index (χ0v) is 9.82. The molecular formula is C12H14N4O. The molecule has 5 nitrogen and oxygen atoms in total. The van der Waals surface area contributed by atoms with Crippen LogP contribution in [0.3, 0.4) is 0 Å².